The average molecular weight is 511 g/mol. The topological polar surface area (TPSA) is 110 Å². The van der Waals surface area contributed by atoms with Gasteiger partial charge in [0.2, 0.25) is 5.60 Å². The maximum absolute atomic E-state index is 17.2. The number of ketones is 1. The van der Waals surface area contributed by atoms with E-state index in [9.17, 15) is 24.6 Å². The second-order valence-electron chi connectivity index (χ2n) is 12.0. The summed E-state index contributed by atoms with van der Waals surface area (Å²) in [5, 5.41) is 21.8. The first kappa shape index (κ1) is 26.8. The lowest BCUT2D eigenvalue weighted by Gasteiger charge is -2.62. The number of carboxylic acid groups (broad SMARTS) is 1. The molecule has 4 rings (SSSR count). The van der Waals surface area contributed by atoms with Crippen LogP contribution in [-0.4, -0.2) is 57.8 Å². The monoisotopic (exact) mass is 510 g/mol. The fourth-order valence-electron chi connectivity index (χ4n) is 7.68. The molecule has 0 bridgehead atoms. The van der Waals surface area contributed by atoms with Gasteiger partial charge in [0.25, 0.3) is 0 Å². The van der Waals surface area contributed by atoms with E-state index in [1.54, 1.807) is 20.8 Å². The van der Waals surface area contributed by atoms with Crippen LogP contribution in [0.3, 0.4) is 0 Å². The molecule has 0 amide bonds. The lowest BCUT2D eigenvalue weighted by atomic mass is 9.44. The SMILES string of the molecule is CC(C)C(C)OC(=O)O[C@]1(C(=O)O)[C@H](C)C[C@H]2[C@@H]3C[C@H](F)C4=CC(=O)C=C[C@]4(C)[C@@]3(F)[C@@H](O)C[C@@]21C. The van der Waals surface area contributed by atoms with Gasteiger partial charge in [0, 0.05) is 22.7 Å². The Kier molecular flexibility index (Phi) is 6.22. The minimum absolute atomic E-state index is 0.00514. The molecule has 0 aromatic carbocycles. The molecular weight excluding hydrogens is 474 g/mol. The number of fused-ring (bicyclic) bond motifs is 5. The summed E-state index contributed by atoms with van der Waals surface area (Å²) in [7, 11) is 0. The lowest BCUT2D eigenvalue weighted by Crippen LogP contribution is -2.71. The first-order valence-corrected chi connectivity index (χ1v) is 12.7. The first-order valence-electron chi connectivity index (χ1n) is 12.7. The van der Waals surface area contributed by atoms with E-state index < -0.39 is 76.1 Å². The van der Waals surface area contributed by atoms with Crippen LogP contribution in [0.2, 0.25) is 0 Å². The van der Waals surface area contributed by atoms with Crippen LogP contribution in [0.1, 0.15) is 60.8 Å². The molecule has 0 radical (unpaired) electrons. The highest BCUT2D eigenvalue weighted by molar-refractivity contribution is 6.01. The number of carboxylic acids is 1. The first-order chi connectivity index (χ1) is 16.6. The zero-order chi connectivity index (χ0) is 27.0. The van der Waals surface area contributed by atoms with Gasteiger partial charge in [-0.1, -0.05) is 33.8 Å². The summed E-state index contributed by atoms with van der Waals surface area (Å²) in [5.41, 5.74) is -7.43. The van der Waals surface area contributed by atoms with Gasteiger partial charge < -0.3 is 19.7 Å². The quantitative estimate of drug-likeness (QED) is 0.533. The van der Waals surface area contributed by atoms with Gasteiger partial charge in [0.15, 0.2) is 11.5 Å². The lowest BCUT2D eigenvalue weighted by molar-refractivity contribution is -0.232. The van der Waals surface area contributed by atoms with Gasteiger partial charge in [0.05, 0.1) is 6.10 Å². The third kappa shape index (κ3) is 3.26. The minimum Gasteiger partial charge on any atom is -0.478 e. The maximum atomic E-state index is 17.2. The number of hydrogen-bond donors (Lipinski definition) is 2. The number of aliphatic carboxylic acids is 1. The van der Waals surface area contributed by atoms with E-state index in [0.29, 0.717) is 0 Å². The normalized spacial score (nSPS) is 46.3. The van der Waals surface area contributed by atoms with Crippen molar-refractivity contribution in [3.05, 3.63) is 23.8 Å². The van der Waals surface area contributed by atoms with Crippen molar-refractivity contribution in [2.24, 2.45) is 34.5 Å². The summed E-state index contributed by atoms with van der Waals surface area (Å²) in [6, 6.07) is 0. The fraction of sp³-hybridized carbons (Fsp3) is 0.741. The van der Waals surface area contributed by atoms with E-state index in [0.717, 1.165) is 6.08 Å². The van der Waals surface area contributed by atoms with Crippen molar-refractivity contribution in [3.8, 4) is 0 Å². The van der Waals surface area contributed by atoms with Crippen LogP contribution < -0.4 is 0 Å². The van der Waals surface area contributed by atoms with Gasteiger partial charge in [-0.3, -0.25) is 4.79 Å². The number of ether oxygens (including phenoxy) is 2. The van der Waals surface area contributed by atoms with Crippen LogP contribution in [-0.2, 0) is 19.1 Å². The van der Waals surface area contributed by atoms with Gasteiger partial charge >= 0.3 is 12.1 Å². The fourth-order valence-corrected chi connectivity index (χ4v) is 7.68. The number of rotatable bonds is 4. The zero-order valence-electron chi connectivity index (χ0n) is 21.6. The number of carbonyl (C=O) groups excluding carboxylic acids is 2. The number of aliphatic hydroxyl groups is 1. The molecule has 0 aliphatic heterocycles. The molecule has 3 fully saturated rings. The van der Waals surface area contributed by atoms with Gasteiger partial charge in [-0.15, -0.1) is 0 Å². The number of hydrogen-bond acceptors (Lipinski definition) is 6. The standard InChI is InChI=1S/C27H36F2O7/c1-13(2)15(4)35-23(34)36-27(22(32)33)14(3)9-17-18-11-20(28)19-10-16(30)7-8-24(19,5)26(18,29)21(31)12-25(17,27)6/h7-8,10,13-15,17-18,20-21,31H,9,11-12H2,1-6H3,(H,32,33)/t14-,15?,17+,18+,20+,21+,24+,25+,26+,27+/m1/s1. The van der Waals surface area contributed by atoms with Crippen molar-refractivity contribution < 1.29 is 42.9 Å². The largest absolute Gasteiger partial charge is 0.509 e. The summed E-state index contributed by atoms with van der Waals surface area (Å²) in [6.45, 7) is 10.0. The second-order valence-corrected chi connectivity index (χ2v) is 12.0. The van der Waals surface area contributed by atoms with Crippen LogP contribution in [0, 0.1) is 34.5 Å². The number of aliphatic hydroxyl groups excluding tert-OH is 1. The number of alkyl halides is 2. The summed E-state index contributed by atoms with van der Waals surface area (Å²) in [6.07, 6.45) is -1.86. The van der Waals surface area contributed by atoms with E-state index in [2.05, 4.69) is 0 Å². The van der Waals surface area contributed by atoms with E-state index in [-0.39, 0.29) is 30.8 Å². The summed E-state index contributed by atoms with van der Waals surface area (Å²) in [4.78, 5) is 37.6. The van der Waals surface area contributed by atoms with Crippen molar-refractivity contribution in [2.75, 3.05) is 0 Å². The van der Waals surface area contributed by atoms with Crippen molar-refractivity contribution >= 4 is 17.9 Å². The van der Waals surface area contributed by atoms with Crippen molar-refractivity contribution in [3.63, 3.8) is 0 Å². The van der Waals surface area contributed by atoms with Crippen LogP contribution >= 0.6 is 0 Å². The molecular formula is C27H36F2O7. The Morgan fingerprint density at radius 2 is 1.81 bits per heavy atom. The van der Waals surface area contributed by atoms with Crippen molar-refractivity contribution in [1.82, 2.24) is 0 Å². The molecule has 3 saturated carbocycles. The molecule has 0 aromatic rings. The number of halogens is 2. The summed E-state index contributed by atoms with van der Waals surface area (Å²) < 4.78 is 43.7. The smallest absolute Gasteiger partial charge is 0.478 e. The van der Waals surface area contributed by atoms with Crippen molar-refractivity contribution in [1.29, 1.82) is 0 Å². The van der Waals surface area contributed by atoms with Gasteiger partial charge in [-0.2, -0.15) is 0 Å². The number of allylic oxidation sites excluding steroid dienone is 4. The Morgan fingerprint density at radius 3 is 2.39 bits per heavy atom. The van der Waals surface area contributed by atoms with E-state index in [1.165, 1.54) is 19.1 Å². The summed E-state index contributed by atoms with van der Waals surface area (Å²) >= 11 is 0. The average Bonchev–Trinajstić information content (AvgIpc) is 2.99. The predicted molar refractivity (Wildman–Crippen MR) is 125 cm³/mol. The molecule has 0 spiro atoms. The molecule has 0 saturated heterocycles. The third-order valence-corrected chi connectivity index (χ3v) is 9.95. The highest BCUT2D eigenvalue weighted by atomic mass is 19.1. The van der Waals surface area contributed by atoms with Crippen LogP contribution in [0.15, 0.2) is 23.8 Å². The number of carbonyl (C=O) groups is 3. The molecule has 200 valence electrons. The summed E-state index contributed by atoms with van der Waals surface area (Å²) in [5.74, 6) is -4.42. The highest BCUT2D eigenvalue weighted by Gasteiger charge is 2.78. The minimum atomic E-state index is -2.34. The molecule has 9 heteroatoms. The molecule has 1 unspecified atom stereocenters. The molecule has 0 aromatic heterocycles. The molecule has 36 heavy (non-hydrogen) atoms. The Labute approximate surface area is 209 Å². The van der Waals surface area contributed by atoms with Crippen LogP contribution in [0.25, 0.3) is 0 Å². The molecule has 0 heterocycles. The van der Waals surface area contributed by atoms with E-state index in [4.69, 9.17) is 9.47 Å². The molecule has 7 nitrogen and oxygen atoms in total. The molecule has 10 atom stereocenters. The third-order valence-electron chi connectivity index (χ3n) is 9.95. The highest BCUT2D eigenvalue weighted by Crippen LogP contribution is 2.71. The Bertz CT molecular complexity index is 1040. The van der Waals surface area contributed by atoms with E-state index >= 15 is 8.78 Å². The van der Waals surface area contributed by atoms with Crippen molar-refractivity contribution in [2.45, 2.75) is 90.5 Å². The van der Waals surface area contributed by atoms with Crippen LogP contribution in [0.5, 0.6) is 0 Å². The maximum Gasteiger partial charge on any atom is 0.509 e. The van der Waals surface area contributed by atoms with Crippen LogP contribution in [0.4, 0.5) is 13.6 Å². The van der Waals surface area contributed by atoms with Gasteiger partial charge in [0.1, 0.15) is 12.3 Å². The Balaban J connectivity index is 1.79. The molecule has 2 N–H and O–H groups in total. The molecule has 4 aliphatic carbocycles. The Hall–Kier alpha value is -2.29. The molecule has 4 aliphatic rings. The predicted octanol–water partition coefficient (Wildman–Crippen LogP) is 4.57. The van der Waals surface area contributed by atoms with Gasteiger partial charge in [-0.25, -0.2) is 18.4 Å². The van der Waals surface area contributed by atoms with Gasteiger partial charge in [-0.05, 0) is 62.7 Å². The Morgan fingerprint density at radius 1 is 1.17 bits per heavy atom. The van der Waals surface area contributed by atoms with E-state index in [1.807, 2.05) is 13.8 Å². The second kappa shape index (κ2) is 8.36. The zero-order valence-corrected chi connectivity index (χ0v) is 21.6.